The number of carbonyl (C=O) groups excluding carboxylic acids is 2. The minimum absolute atomic E-state index is 0.188. The number of ether oxygens (including phenoxy) is 1. The Kier molecular flexibility index (Phi) is 5.83. The van der Waals surface area contributed by atoms with Gasteiger partial charge < -0.3 is 15.8 Å². The van der Waals surface area contributed by atoms with Crippen molar-refractivity contribution in [1.29, 1.82) is 0 Å². The minimum atomic E-state index is -0.416. The van der Waals surface area contributed by atoms with Crippen LogP contribution in [0.2, 0.25) is 5.02 Å². The lowest BCUT2D eigenvalue weighted by molar-refractivity contribution is -0.118. The summed E-state index contributed by atoms with van der Waals surface area (Å²) in [6.07, 6.45) is 1.59. The van der Waals surface area contributed by atoms with E-state index in [1.54, 1.807) is 24.3 Å². The van der Waals surface area contributed by atoms with Crippen molar-refractivity contribution in [3.05, 3.63) is 63.5 Å². The van der Waals surface area contributed by atoms with Gasteiger partial charge in [0.05, 0.1) is 4.91 Å². The third-order valence-electron chi connectivity index (χ3n) is 3.59. The molecule has 0 unspecified atom stereocenters. The zero-order valence-electron chi connectivity index (χ0n) is 14.4. The molecule has 0 atom stereocenters. The standard InChI is InChI=1S/C19H16ClN3O3S/c1-11-2-5-14(6-3-11)22-17(24)10-26-15-7-4-13(20)8-12(15)9-16-18(25)23-19(21)27-16/h2-9H,10H2,1H3,(H,22,24)(H2,21,23,25)/b16-9-. The number of rotatable bonds is 5. The topological polar surface area (TPSA) is 93.8 Å². The number of nitrogens with two attached hydrogens (primary N) is 1. The molecular weight excluding hydrogens is 386 g/mol. The lowest BCUT2D eigenvalue weighted by atomic mass is 10.2. The van der Waals surface area contributed by atoms with Crippen molar-refractivity contribution in [1.82, 2.24) is 0 Å². The highest BCUT2D eigenvalue weighted by atomic mass is 35.5. The summed E-state index contributed by atoms with van der Waals surface area (Å²) in [7, 11) is 0. The lowest BCUT2D eigenvalue weighted by Crippen LogP contribution is -2.20. The number of amidine groups is 1. The summed E-state index contributed by atoms with van der Waals surface area (Å²) in [5, 5.41) is 3.42. The SMILES string of the molecule is Cc1ccc(NC(=O)COc2ccc(Cl)cc2/C=C2\SC(N)=NC2=O)cc1. The van der Waals surface area contributed by atoms with E-state index in [1.807, 2.05) is 31.2 Å². The Bertz CT molecular complexity index is 955. The lowest BCUT2D eigenvalue weighted by Gasteiger charge is -2.11. The predicted molar refractivity (Wildman–Crippen MR) is 109 cm³/mol. The van der Waals surface area contributed by atoms with Crippen LogP contribution in [0.3, 0.4) is 0 Å². The summed E-state index contributed by atoms with van der Waals surface area (Å²) < 4.78 is 5.62. The van der Waals surface area contributed by atoms with Crippen molar-refractivity contribution in [2.75, 3.05) is 11.9 Å². The van der Waals surface area contributed by atoms with E-state index in [9.17, 15) is 9.59 Å². The molecule has 0 radical (unpaired) electrons. The molecule has 138 valence electrons. The van der Waals surface area contributed by atoms with Crippen LogP contribution in [-0.2, 0) is 9.59 Å². The van der Waals surface area contributed by atoms with E-state index in [0.29, 0.717) is 26.9 Å². The number of aryl methyl sites for hydroxylation is 1. The molecule has 0 aromatic heterocycles. The van der Waals surface area contributed by atoms with Crippen molar-refractivity contribution in [2.45, 2.75) is 6.92 Å². The van der Waals surface area contributed by atoms with Gasteiger partial charge in [-0.05, 0) is 55.1 Å². The Morgan fingerprint density at radius 3 is 2.70 bits per heavy atom. The van der Waals surface area contributed by atoms with Crippen LogP contribution in [-0.4, -0.2) is 23.6 Å². The second kappa shape index (κ2) is 8.28. The Morgan fingerprint density at radius 1 is 1.30 bits per heavy atom. The van der Waals surface area contributed by atoms with Crippen LogP contribution in [0.15, 0.2) is 52.4 Å². The predicted octanol–water partition coefficient (Wildman–Crippen LogP) is 3.59. The first kappa shape index (κ1) is 19.0. The molecule has 2 aromatic rings. The summed E-state index contributed by atoms with van der Waals surface area (Å²) in [4.78, 5) is 27.9. The number of halogens is 1. The van der Waals surface area contributed by atoms with Crippen molar-refractivity contribution in [2.24, 2.45) is 10.7 Å². The first-order valence-electron chi connectivity index (χ1n) is 7.97. The molecule has 27 heavy (non-hydrogen) atoms. The molecule has 0 aliphatic carbocycles. The Morgan fingerprint density at radius 2 is 2.04 bits per heavy atom. The van der Waals surface area contributed by atoms with Gasteiger partial charge in [-0.3, -0.25) is 9.59 Å². The molecular formula is C19H16ClN3O3S. The van der Waals surface area contributed by atoms with Gasteiger partial charge in [0.15, 0.2) is 11.8 Å². The summed E-state index contributed by atoms with van der Waals surface area (Å²) in [6, 6.07) is 12.4. The number of aliphatic imine (C=N–C) groups is 1. The van der Waals surface area contributed by atoms with Crippen molar-refractivity contribution < 1.29 is 14.3 Å². The summed E-state index contributed by atoms with van der Waals surface area (Å²) in [6.45, 7) is 1.78. The average molecular weight is 402 g/mol. The average Bonchev–Trinajstić information content (AvgIpc) is 2.93. The zero-order chi connectivity index (χ0) is 19.4. The van der Waals surface area contributed by atoms with Crippen LogP contribution in [0.25, 0.3) is 6.08 Å². The van der Waals surface area contributed by atoms with E-state index in [0.717, 1.165) is 17.3 Å². The van der Waals surface area contributed by atoms with Crippen LogP contribution in [0, 0.1) is 6.92 Å². The Balaban J connectivity index is 1.70. The van der Waals surface area contributed by atoms with E-state index in [1.165, 1.54) is 0 Å². The normalized spacial score (nSPS) is 15.0. The summed E-state index contributed by atoms with van der Waals surface area (Å²) in [5.41, 5.74) is 7.91. The third-order valence-corrected chi connectivity index (χ3v) is 4.64. The molecule has 0 saturated heterocycles. The first-order valence-corrected chi connectivity index (χ1v) is 9.17. The second-order valence-corrected chi connectivity index (χ2v) is 7.25. The molecule has 3 rings (SSSR count). The van der Waals surface area contributed by atoms with E-state index >= 15 is 0 Å². The number of nitrogens with one attached hydrogen (secondary N) is 1. The molecule has 1 heterocycles. The van der Waals surface area contributed by atoms with Gasteiger partial charge in [0.25, 0.3) is 11.8 Å². The van der Waals surface area contributed by atoms with Crippen LogP contribution in [0.4, 0.5) is 5.69 Å². The van der Waals surface area contributed by atoms with Gasteiger partial charge in [-0.2, -0.15) is 4.99 Å². The van der Waals surface area contributed by atoms with Crippen molar-refractivity contribution in [3.8, 4) is 5.75 Å². The summed E-state index contributed by atoms with van der Waals surface area (Å²) >= 11 is 7.11. The fourth-order valence-electron chi connectivity index (χ4n) is 2.31. The van der Waals surface area contributed by atoms with Crippen LogP contribution < -0.4 is 15.8 Å². The maximum atomic E-state index is 12.1. The molecule has 0 fully saturated rings. The molecule has 1 aliphatic rings. The van der Waals surface area contributed by atoms with Gasteiger partial charge in [0, 0.05) is 16.3 Å². The number of thioether (sulfide) groups is 1. The fourth-order valence-corrected chi connectivity index (χ4v) is 3.16. The molecule has 3 N–H and O–H groups in total. The highest BCUT2D eigenvalue weighted by Gasteiger charge is 2.20. The maximum Gasteiger partial charge on any atom is 0.286 e. The Labute approximate surface area is 165 Å². The minimum Gasteiger partial charge on any atom is -0.483 e. The van der Waals surface area contributed by atoms with E-state index in [2.05, 4.69) is 10.3 Å². The number of hydrogen-bond acceptors (Lipinski definition) is 5. The molecule has 0 saturated carbocycles. The number of nitrogens with zero attached hydrogens (tertiary/aromatic N) is 1. The molecule has 2 aromatic carbocycles. The number of carbonyl (C=O) groups is 2. The molecule has 1 aliphatic heterocycles. The van der Waals surface area contributed by atoms with Gasteiger partial charge in [-0.15, -0.1) is 0 Å². The number of amides is 2. The highest BCUT2D eigenvalue weighted by Crippen LogP contribution is 2.31. The molecule has 0 bridgehead atoms. The Hall–Kier alpha value is -2.77. The van der Waals surface area contributed by atoms with Crippen LogP contribution in [0.5, 0.6) is 5.75 Å². The molecule has 8 heteroatoms. The van der Waals surface area contributed by atoms with Crippen LogP contribution in [0.1, 0.15) is 11.1 Å². The number of benzene rings is 2. The molecule has 6 nitrogen and oxygen atoms in total. The van der Waals surface area contributed by atoms with Crippen LogP contribution >= 0.6 is 23.4 Å². The van der Waals surface area contributed by atoms with E-state index < -0.39 is 5.91 Å². The third kappa shape index (κ3) is 5.12. The largest absolute Gasteiger partial charge is 0.483 e. The molecule has 0 spiro atoms. The summed E-state index contributed by atoms with van der Waals surface area (Å²) in [5.74, 6) is -0.295. The smallest absolute Gasteiger partial charge is 0.286 e. The van der Waals surface area contributed by atoms with Crippen molar-refractivity contribution >= 4 is 52.1 Å². The fraction of sp³-hybridized carbons (Fsp3) is 0.105. The number of hydrogen-bond donors (Lipinski definition) is 2. The highest BCUT2D eigenvalue weighted by molar-refractivity contribution is 8.18. The van der Waals surface area contributed by atoms with Crippen molar-refractivity contribution in [3.63, 3.8) is 0 Å². The van der Waals surface area contributed by atoms with E-state index in [4.69, 9.17) is 22.1 Å². The van der Waals surface area contributed by atoms with Gasteiger partial charge in [-0.1, -0.05) is 29.3 Å². The maximum absolute atomic E-state index is 12.1. The second-order valence-electron chi connectivity index (χ2n) is 5.75. The van der Waals surface area contributed by atoms with Gasteiger partial charge >= 0.3 is 0 Å². The number of anilines is 1. The quantitative estimate of drug-likeness (QED) is 0.746. The van der Waals surface area contributed by atoms with Gasteiger partial charge in [-0.25, -0.2) is 0 Å². The van der Waals surface area contributed by atoms with E-state index in [-0.39, 0.29) is 17.7 Å². The monoisotopic (exact) mass is 401 g/mol. The molecule has 2 amide bonds. The van der Waals surface area contributed by atoms with Gasteiger partial charge in [0.1, 0.15) is 5.75 Å². The van der Waals surface area contributed by atoms with Gasteiger partial charge in [0.2, 0.25) is 0 Å². The zero-order valence-corrected chi connectivity index (χ0v) is 15.9. The first-order chi connectivity index (χ1) is 12.9.